The highest BCUT2D eigenvalue weighted by Crippen LogP contribution is 2.33. The summed E-state index contributed by atoms with van der Waals surface area (Å²) in [6.07, 6.45) is 7.96. The highest BCUT2D eigenvalue weighted by molar-refractivity contribution is 6.15. The number of carbonyl (C=O) groups is 1. The molecule has 1 aliphatic rings. The predicted octanol–water partition coefficient (Wildman–Crippen LogP) is 8.51. The molecule has 2 nitrogen and oxygen atoms in total. The predicted molar refractivity (Wildman–Crippen MR) is 145 cm³/mol. The second-order valence-corrected chi connectivity index (χ2v) is 10.2. The number of hydrogen-bond acceptors (Lipinski definition) is 1. The highest BCUT2D eigenvalue weighted by Gasteiger charge is 2.18. The summed E-state index contributed by atoms with van der Waals surface area (Å²) in [7, 11) is 0. The summed E-state index contributed by atoms with van der Waals surface area (Å²) in [4.78, 5) is 13.6. The van der Waals surface area contributed by atoms with Crippen LogP contribution in [0.25, 0.3) is 27.4 Å². The van der Waals surface area contributed by atoms with Crippen molar-refractivity contribution in [3.63, 3.8) is 0 Å². The fraction of sp³-hybridized carbons (Fsp3) is 0.344. The zero-order valence-electron chi connectivity index (χ0n) is 20.8. The Balaban J connectivity index is 1.48. The van der Waals surface area contributed by atoms with E-state index in [4.69, 9.17) is 0 Å². The molecule has 1 aromatic heterocycles. The van der Waals surface area contributed by atoms with Crippen LogP contribution in [0.5, 0.6) is 0 Å². The summed E-state index contributed by atoms with van der Waals surface area (Å²) < 4.78 is 2.32. The maximum Gasteiger partial charge on any atom is 0.193 e. The van der Waals surface area contributed by atoms with Crippen LogP contribution in [-0.4, -0.2) is 10.4 Å². The zero-order valence-corrected chi connectivity index (χ0v) is 20.8. The van der Waals surface area contributed by atoms with Gasteiger partial charge in [0.15, 0.2) is 5.78 Å². The lowest BCUT2D eigenvalue weighted by Crippen LogP contribution is -2.05. The molecule has 34 heavy (non-hydrogen) atoms. The summed E-state index contributed by atoms with van der Waals surface area (Å²) >= 11 is 0. The number of aryl methyl sites for hydroxylation is 3. The Morgan fingerprint density at radius 3 is 2.21 bits per heavy atom. The fourth-order valence-corrected chi connectivity index (χ4v) is 5.81. The van der Waals surface area contributed by atoms with Gasteiger partial charge in [-0.1, -0.05) is 62.1 Å². The van der Waals surface area contributed by atoms with Crippen LogP contribution >= 0.6 is 0 Å². The summed E-state index contributed by atoms with van der Waals surface area (Å²) in [6, 6.07) is 19.1. The second kappa shape index (κ2) is 9.25. The fourth-order valence-electron chi connectivity index (χ4n) is 5.81. The molecule has 0 aliphatic heterocycles. The van der Waals surface area contributed by atoms with E-state index >= 15 is 0 Å². The van der Waals surface area contributed by atoms with E-state index in [2.05, 4.69) is 67.5 Å². The van der Waals surface area contributed by atoms with Crippen molar-refractivity contribution in [2.75, 3.05) is 0 Å². The van der Waals surface area contributed by atoms with Crippen LogP contribution in [0.2, 0.25) is 0 Å². The molecule has 2 heteroatoms. The molecule has 3 aromatic carbocycles. The van der Waals surface area contributed by atoms with Gasteiger partial charge in [-0.05, 0) is 86.6 Å². The van der Waals surface area contributed by atoms with Crippen molar-refractivity contribution in [1.29, 1.82) is 0 Å². The lowest BCUT2D eigenvalue weighted by atomic mass is 9.93. The topological polar surface area (TPSA) is 22.0 Å². The van der Waals surface area contributed by atoms with Crippen molar-refractivity contribution in [3.05, 3.63) is 89.0 Å². The van der Waals surface area contributed by atoms with Gasteiger partial charge in [0.1, 0.15) is 0 Å². The molecule has 0 saturated heterocycles. The molecule has 0 unspecified atom stereocenters. The van der Waals surface area contributed by atoms with Crippen molar-refractivity contribution in [2.45, 2.75) is 65.8 Å². The molecule has 0 N–H and O–H groups in total. The molecule has 0 spiro atoms. The van der Waals surface area contributed by atoms with Crippen molar-refractivity contribution in [2.24, 2.45) is 5.92 Å². The number of carbonyl (C=O) groups excluding carboxylic acids is 1. The van der Waals surface area contributed by atoms with E-state index in [1.54, 1.807) is 0 Å². The molecule has 0 radical (unpaired) electrons. The van der Waals surface area contributed by atoms with Crippen LogP contribution in [-0.2, 0) is 13.0 Å². The normalized spacial score (nSPS) is 14.3. The molecule has 1 fully saturated rings. The van der Waals surface area contributed by atoms with Crippen molar-refractivity contribution in [1.82, 2.24) is 4.57 Å². The van der Waals surface area contributed by atoms with E-state index in [1.807, 2.05) is 19.1 Å². The van der Waals surface area contributed by atoms with Crippen LogP contribution in [0.1, 0.15) is 78.6 Å². The van der Waals surface area contributed by atoms with Crippen LogP contribution in [0.4, 0.5) is 0 Å². The van der Waals surface area contributed by atoms with E-state index in [-0.39, 0.29) is 5.78 Å². The van der Waals surface area contributed by atoms with E-state index in [1.165, 1.54) is 54.1 Å². The Hall–Kier alpha value is -3.13. The number of benzene rings is 3. The van der Waals surface area contributed by atoms with Gasteiger partial charge in [0, 0.05) is 39.5 Å². The van der Waals surface area contributed by atoms with Crippen molar-refractivity contribution >= 4 is 33.2 Å². The monoisotopic (exact) mass is 449 g/mol. The van der Waals surface area contributed by atoms with Gasteiger partial charge >= 0.3 is 0 Å². The van der Waals surface area contributed by atoms with Crippen LogP contribution in [0.15, 0.2) is 61.2 Å². The number of ketones is 1. The van der Waals surface area contributed by atoms with Gasteiger partial charge in [0.25, 0.3) is 0 Å². The number of aromatic nitrogens is 1. The van der Waals surface area contributed by atoms with Crippen LogP contribution < -0.4 is 0 Å². The summed E-state index contributed by atoms with van der Waals surface area (Å²) in [5.41, 5.74) is 8.57. The summed E-state index contributed by atoms with van der Waals surface area (Å²) in [5, 5.41) is 2.32. The van der Waals surface area contributed by atoms with E-state index in [0.717, 1.165) is 52.1 Å². The average Bonchev–Trinajstić information content (AvgIpc) is 3.47. The Labute approximate surface area is 203 Å². The maximum absolute atomic E-state index is 13.6. The van der Waals surface area contributed by atoms with Gasteiger partial charge < -0.3 is 4.57 Å². The minimum absolute atomic E-state index is 0.107. The first-order valence-electron chi connectivity index (χ1n) is 12.8. The molecular weight excluding hydrogens is 414 g/mol. The molecule has 174 valence electrons. The lowest BCUT2D eigenvalue weighted by molar-refractivity contribution is 0.103. The largest absolute Gasteiger partial charge is 0.341 e. The Morgan fingerprint density at radius 1 is 0.941 bits per heavy atom. The molecule has 1 aliphatic carbocycles. The maximum atomic E-state index is 13.6. The highest BCUT2D eigenvalue weighted by atomic mass is 16.1. The number of nitrogens with zero attached hydrogens (tertiary/aromatic N) is 1. The number of fused-ring (bicyclic) bond motifs is 3. The van der Waals surface area contributed by atoms with Gasteiger partial charge in [0.2, 0.25) is 0 Å². The standard InChI is InChI=1S/C32H35NO/c1-5-33-30-16-13-25(21(2)3)19-28(30)29-20-26(14-17-31(29)33)32(34)27-15-12-24(18-22(27)4)11-10-23-8-6-7-9-23/h12-20,23H,2,5-11H2,1,3-4H3. The Morgan fingerprint density at radius 2 is 1.59 bits per heavy atom. The Kier molecular flexibility index (Phi) is 6.16. The minimum Gasteiger partial charge on any atom is -0.341 e. The third kappa shape index (κ3) is 4.11. The van der Waals surface area contributed by atoms with Crippen LogP contribution in [0, 0.1) is 12.8 Å². The molecule has 0 bridgehead atoms. The molecular formula is C32H35NO. The first kappa shape index (κ1) is 22.7. The first-order chi connectivity index (χ1) is 16.5. The quantitative estimate of drug-likeness (QED) is 0.259. The zero-order chi connectivity index (χ0) is 23.8. The summed E-state index contributed by atoms with van der Waals surface area (Å²) in [6.45, 7) is 11.3. The molecule has 4 aromatic rings. The smallest absolute Gasteiger partial charge is 0.193 e. The van der Waals surface area contributed by atoms with Crippen molar-refractivity contribution < 1.29 is 4.79 Å². The van der Waals surface area contributed by atoms with E-state index in [0.29, 0.717) is 0 Å². The molecule has 1 heterocycles. The number of hydrogen-bond donors (Lipinski definition) is 0. The average molecular weight is 450 g/mol. The minimum atomic E-state index is 0.107. The van der Waals surface area contributed by atoms with Gasteiger partial charge in [-0.25, -0.2) is 0 Å². The van der Waals surface area contributed by atoms with Crippen LogP contribution in [0.3, 0.4) is 0 Å². The molecule has 5 rings (SSSR count). The lowest BCUT2D eigenvalue weighted by Gasteiger charge is -2.11. The third-order valence-corrected chi connectivity index (χ3v) is 7.79. The van der Waals surface area contributed by atoms with E-state index in [9.17, 15) is 4.79 Å². The van der Waals surface area contributed by atoms with Crippen molar-refractivity contribution in [3.8, 4) is 0 Å². The first-order valence-corrected chi connectivity index (χ1v) is 12.8. The number of allylic oxidation sites excluding steroid dienone is 1. The SMILES string of the molecule is C=C(C)c1ccc2c(c1)c1cc(C(=O)c3ccc(CCC4CCCC4)cc3C)ccc1n2CC. The molecule has 0 amide bonds. The van der Waals surface area contributed by atoms with Gasteiger partial charge in [-0.3, -0.25) is 4.79 Å². The van der Waals surface area contributed by atoms with Gasteiger partial charge in [-0.2, -0.15) is 0 Å². The molecule has 0 atom stereocenters. The molecule has 1 saturated carbocycles. The van der Waals surface area contributed by atoms with E-state index < -0.39 is 0 Å². The van der Waals surface area contributed by atoms with Gasteiger partial charge in [0.05, 0.1) is 0 Å². The number of rotatable bonds is 7. The second-order valence-electron chi connectivity index (χ2n) is 10.2. The Bertz CT molecular complexity index is 1400. The third-order valence-electron chi connectivity index (χ3n) is 7.79. The summed E-state index contributed by atoms with van der Waals surface area (Å²) in [5.74, 6) is 0.999. The van der Waals surface area contributed by atoms with Gasteiger partial charge in [-0.15, -0.1) is 0 Å².